The summed E-state index contributed by atoms with van der Waals surface area (Å²) in [5.41, 5.74) is 7.78. The lowest BCUT2D eigenvalue weighted by Gasteiger charge is -2.09. The van der Waals surface area contributed by atoms with Gasteiger partial charge < -0.3 is 10.7 Å². The molecule has 3 N–H and O–H groups in total. The maximum Gasteiger partial charge on any atom is 0.123 e. The first kappa shape index (κ1) is 11.2. The maximum absolute atomic E-state index is 6.15. The molecule has 0 aliphatic rings. The summed E-state index contributed by atoms with van der Waals surface area (Å²) >= 11 is 6.15. The number of aryl methyl sites for hydroxylation is 2. The van der Waals surface area contributed by atoms with E-state index in [9.17, 15) is 0 Å². The van der Waals surface area contributed by atoms with E-state index in [1.54, 1.807) is 17.1 Å². The summed E-state index contributed by atoms with van der Waals surface area (Å²) < 4.78 is 1.76. The van der Waals surface area contributed by atoms with Crippen molar-refractivity contribution in [2.24, 2.45) is 12.8 Å². The van der Waals surface area contributed by atoms with Crippen LogP contribution < -0.4 is 5.73 Å². The van der Waals surface area contributed by atoms with Gasteiger partial charge in [0.1, 0.15) is 5.82 Å². The van der Waals surface area contributed by atoms with Crippen LogP contribution >= 0.6 is 11.6 Å². The molecule has 16 heavy (non-hydrogen) atoms. The number of nitrogens with one attached hydrogen (secondary N) is 1. The SMILES string of the molecule is Cc1nn(C)c(CC(N)c2ncc[nH]2)c1Cl. The van der Waals surface area contributed by atoms with Crippen LogP contribution in [0.4, 0.5) is 0 Å². The number of rotatable bonds is 3. The molecule has 0 radical (unpaired) electrons. The smallest absolute Gasteiger partial charge is 0.123 e. The second kappa shape index (κ2) is 4.27. The monoisotopic (exact) mass is 239 g/mol. The van der Waals surface area contributed by atoms with Gasteiger partial charge in [-0.2, -0.15) is 5.10 Å². The summed E-state index contributed by atoms with van der Waals surface area (Å²) in [5, 5.41) is 4.93. The molecule has 0 spiro atoms. The molecule has 86 valence electrons. The van der Waals surface area contributed by atoms with Crippen LogP contribution in [0.5, 0.6) is 0 Å². The largest absolute Gasteiger partial charge is 0.347 e. The molecule has 0 aliphatic carbocycles. The number of hydrogen-bond acceptors (Lipinski definition) is 3. The van der Waals surface area contributed by atoms with E-state index < -0.39 is 0 Å². The summed E-state index contributed by atoms with van der Waals surface area (Å²) in [6, 6.07) is -0.192. The van der Waals surface area contributed by atoms with Crippen LogP contribution in [0.15, 0.2) is 12.4 Å². The van der Waals surface area contributed by atoms with Crippen LogP contribution in [0.1, 0.15) is 23.3 Å². The zero-order valence-corrected chi connectivity index (χ0v) is 9.99. The fraction of sp³-hybridized carbons (Fsp3) is 0.400. The van der Waals surface area contributed by atoms with Crippen LogP contribution in [0.2, 0.25) is 5.02 Å². The average molecular weight is 240 g/mol. The van der Waals surface area contributed by atoms with Crippen LogP contribution in [0.3, 0.4) is 0 Å². The molecule has 5 nitrogen and oxygen atoms in total. The van der Waals surface area contributed by atoms with E-state index in [4.69, 9.17) is 17.3 Å². The Morgan fingerprint density at radius 3 is 2.88 bits per heavy atom. The predicted molar refractivity (Wildman–Crippen MR) is 62.2 cm³/mol. The van der Waals surface area contributed by atoms with Crippen molar-refractivity contribution >= 4 is 11.6 Å². The molecule has 6 heteroatoms. The van der Waals surface area contributed by atoms with Gasteiger partial charge in [0.2, 0.25) is 0 Å². The Labute approximate surface area is 98.6 Å². The number of nitrogens with two attached hydrogens (primary N) is 1. The zero-order valence-electron chi connectivity index (χ0n) is 9.24. The minimum Gasteiger partial charge on any atom is -0.347 e. The summed E-state index contributed by atoms with van der Waals surface area (Å²) in [6.07, 6.45) is 4.06. The van der Waals surface area contributed by atoms with Crippen LogP contribution in [0.25, 0.3) is 0 Å². The highest BCUT2D eigenvalue weighted by Gasteiger charge is 2.16. The number of aromatic nitrogens is 4. The molecule has 2 heterocycles. The summed E-state index contributed by atoms with van der Waals surface area (Å²) in [6.45, 7) is 1.88. The van der Waals surface area contributed by atoms with Crippen molar-refractivity contribution in [1.29, 1.82) is 0 Å². The fourth-order valence-corrected chi connectivity index (χ4v) is 1.92. The molecule has 1 unspecified atom stereocenters. The molecule has 0 saturated heterocycles. The van der Waals surface area contributed by atoms with Crippen LogP contribution in [-0.4, -0.2) is 19.7 Å². The summed E-state index contributed by atoms with van der Waals surface area (Å²) in [5.74, 6) is 0.759. The molecule has 1 atom stereocenters. The van der Waals surface area contributed by atoms with E-state index >= 15 is 0 Å². The Hall–Kier alpha value is -1.33. The third-order valence-corrected chi connectivity index (χ3v) is 3.04. The molecule has 2 aromatic rings. The highest BCUT2D eigenvalue weighted by Crippen LogP contribution is 2.23. The van der Waals surface area contributed by atoms with Gasteiger partial charge in [-0.05, 0) is 6.92 Å². The molecule has 0 aliphatic heterocycles. The fourth-order valence-electron chi connectivity index (χ4n) is 1.69. The van der Waals surface area contributed by atoms with E-state index in [-0.39, 0.29) is 6.04 Å². The van der Waals surface area contributed by atoms with Gasteiger partial charge in [0.05, 0.1) is 22.5 Å². The summed E-state index contributed by atoms with van der Waals surface area (Å²) in [4.78, 5) is 7.12. The second-order valence-electron chi connectivity index (χ2n) is 3.75. The van der Waals surface area contributed by atoms with Crippen molar-refractivity contribution < 1.29 is 0 Å². The molecule has 2 rings (SSSR count). The number of halogens is 1. The van der Waals surface area contributed by atoms with Gasteiger partial charge in [-0.15, -0.1) is 0 Å². The van der Waals surface area contributed by atoms with Crippen molar-refractivity contribution in [3.8, 4) is 0 Å². The first-order valence-corrected chi connectivity index (χ1v) is 5.40. The molecule has 0 bridgehead atoms. The number of imidazole rings is 1. The van der Waals surface area contributed by atoms with Gasteiger partial charge in [0.25, 0.3) is 0 Å². The Morgan fingerprint density at radius 2 is 2.38 bits per heavy atom. The number of hydrogen-bond donors (Lipinski definition) is 2. The van der Waals surface area contributed by atoms with Crippen molar-refractivity contribution in [3.63, 3.8) is 0 Å². The molecule has 0 aromatic carbocycles. The van der Waals surface area contributed by atoms with Gasteiger partial charge >= 0.3 is 0 Å². The zero-order chi connectivity index (χ0) is 11.7. The average Bonchev–Trinajstić information content (AvgIpc) is 2.83. The maximum atomic E-state index is 6.15. The molecular formula is C10H14ClN5. The lowest BCUT2D eigenvalue weighted by Crippen LogP contribution is -2.17. The molecule has 0 amide bonds. The molecular weight excluding hydrogens is 226 g/mol. The van der Waals surface area contributed by atoms with Crippen molar-refractivity contribution in [2.45, 2.75) is 19.4 Å². The van der Waals surface area contributed by atoms with Crippen LogP contribution in [0, 0.1) is 6.92 Å². The number of nitrogens with zero attached hydrogens (tertiary/aromatic N) is 3. The van der Waals surface area contributed by atoms with Crippen LogP contribution in [-0.2, 0) is 13.5 Å². The van der Waals surface area contributed by atoms with Gasteiger partial charge in [-0.25, -0.2) is 4.98 Å². The lowest BCUT2D eigenvalue weighted by atomic mass is 10.1. The topological polar surface area (TPSA) is 72.5 Å². The third-order valence-electron chi connectivity index (χ3n) is 2.55. The van der Waals surface area contributed by atoms with Gasteiger partial charge in [-0.3, -0.25) is 4.68 Å². The standard InChI is InChI=1S/C10H14ClN5/c1-6-9(11)8(16(2)15-6)5-7(12)10-13-3-4-14-10/h3-4,7H,5,12H2,1-2H3,(H,13,14). The Kier molecular flexibility index (Phi) is 2.98. The highest BCUT2D eigenvalue weighted by atomic mass is 35.5. The van der Waals surface area contributed by atoms with E-state index in [2.05, 4.69) is 15.1 Å². The first-order valence-electron chi connectivity index (χ1n) is 5.02. The molecule has 0 fully saturated rings. The molecule has 2 aromatic heterocycles. The number of aromatic amines is 1. The highest BCUT2D eigenvalue weighted by molar-refractivity contribution is 6.31. The Bertz CT molecular complexity index is 474. The summed E-state index contributed by atoms with van der Waals surface area (Å²) in [7, 11) is 1.86. The predicted octanol–water partition coefficient (Wildman–Crippen LogP) is 1.35. The second-order valence-corrected chi connectivity index (χ2v) is 4.13. The van der Waals surface area contributed by atoms with E-state index in [1.807, 2.05) is 14.0 Å². The van der Waals surface area contributed by atoms with Gasteiger partial charge in [0.15, 0.2) is 0 Å². The van der Waals surface area contributed by atoms with E-state index in [1.165, 1.54) is 0 Å². The van der Waals surface area contributed by atoms with Crippen molar-refractivity contribution in [1.82, 2.24) is 19.7 Å². The van der Waals surface area contributed by atoms with Crippen molar-refractivity contribution in [2.75, 3.05) is 0 Å². The Morgan fingerprint density at radius 1 is 1.62 bits per heavy atom. The first-order chi connectivity index (χ1) is 7.59. The quantitative estimate of drug-likeness (QED) is 0.849. The Balaban J connectivity index is 2.21. The van der Waals surface area contributed by atoms with Crippen molar-refractivity contribution in [3.05, 3.63) is 34.6 Å². The lowest BCUT2D eigenvalue weighted by molar-refractivity contribution is 0.619. The minimum absolute atomic E-state index is 0.192. The molecule has 0 saturated carbocycles. The van der Waals surface area contributed by atoms with Gasteiger partial charge in [0, 0.05) is 25.9 Å². The van der Waals surface area contributed by atoms with E-state index in [0.29, 0.717) is 11.4 Å². The van der Waals surface area contributed by atoms with E-state index in [0.717, 1.165) is 17.2 Å². The minimum atomic E-state index is -0.192. The third kappa shape index (κ3) is 1.96. The van der Waals surface area contributed by atoms with Gasteiger partial charge in [-0.1, -0.05) is 11.6 Å². The number of H-pyrrole nitrogens is 1. The normalized spacial score (nSPS) is 13.0.